The van der Waals surface area contributed by atoms with Gasteiger partial charge in [0, 0.05) is 16.1 Å². The number of phenols is 2. The van der Waals surface area contributed by atoms with Crippen LogP contribution < -0.4 is 4.74 Å². The summed E-state index contributed by atoms with van der Waals surface area (Å²) in [7, 11) is 0. The molecular weight excluding hydrogens is 304 g/mol. The maximum Gasteiger partial charge on any atom is 0.235 e. The Kier molecular flexibility index (Phi) is 3.34. The number of fused-ring (bicyclic) bond motifs is 1. The van der Waals surface area contributed by atoms with Crippen molar-refractivity contribution < 1.29 is 19.7 Å². The Morgan fingerprint density at radius 1 is 1.05 bits per heavy atom. The van der Waals surface area contributed by atoms with Gasteiger partial charge in [-0.1, -0.05) is 23.7 Å². The lowest BCUT2D eigenvalue weighted by molar-refractivity contribution is 0.101. The van der Waals surface area contributed by atoms with Gasteiger partial charge in [0.25, 0.3) is 0 Å². The van der Waals surface area contributed by atoms with Crippen LogP contribution in [0.25, 0.3) is 6.08 Å². The smallest absolute Gasteiger partial charge is 0.235 e. The van der Waals surface area contributed by atoms with E-state index in [0.717, 1.165) is 5.56 Å². The van der Waals surface area contributed by atoms with E-state index in [0.29, 0.717) is 10.6 Å². The van der Waals surface area contributed by atoms with Crippen LogP contribution in [0.3, 0.4) is 0 Å². The maximum atomic E-state index is 12.4. The van der Waals surface area contributed by atoms with Crippen LogP contribution in [0.5, 0.6) is 17.2 Å². The molecule has 0 unspecified atom stereocenters. The first-order valence-corrected chi connectivity index (χ1v) is 7.03. The van der Waals surface area contributed by atoms with Crippen molar-refractivity contribution in [3.8, 4) is 17.2 Å². The number of carbonyl (C=O) groups is 1. The molecule has 4 nitrogen and oxygen atoms in total. The molecule has 0 fully saturated rings. The minimum Gasteiger partial charge on any atom is -0.507 e. The van der Waals surface area contributed by atoms with Crippen LogP contribution in [0, 0.1) is 13.8 Å². The van der Waals surface area contributed by atoms with E-state index < -0.39 is 5.78 Å². The number of ether oxygens (including phenoxy) is 1. The van der Waals surface area contributed by atoms with Crippen molar-refractivity contribution >= 4 is 23.5 Å². The third-order valence-corrected chi connectivity index (χ3v) is 3.95. The normalized spacial score (nSPS) is 15.0. The molecule has 22 heavy (non-hydrogen) atoms. The number of halogens is 1. The first kappa shape index (κ1) is 14.5. The second-order valence-corrected chi connectivity index (χ2v) is 5.58. The number of ketones is 1. The number of allylic oxidation sites excluding steroid dienone is 1. The zero-order valence-electron chi connectivity index (χ0n) is 12.0. The number of hydrogen-bond acceptors (Lipinski definition) is 4. The van der Waals surface area contributed by atoms with Gasteiger partial charge in [-0.3, -0.25) is 4.79 Å². The van der Waals surface area contributed by atoms with Crippen molar-refractivity contribution in [2.45, 2.75) is 13.8 Å². The molecule has 3 rings (SSSR count). The molecule has 1 heterocycles. The Labute approximate surface area is 132 Å². The molecule has 0 saturated heterocycles. The molecule has 2 aromatic carbocycles. The number of Topliss-reactive ketones (excluding diaryl/α,β-unsaturated/α-hetero) is 1. The molecule has 112 valence electrons. The summed E-state index contributed by atoms with van der Waals surface area (Å²) in [4.78, 5) is 12.4. The summed E-state index contributed by atoms with van der Waals surface area (Å²) < 4.78 is 5.56. The Morgan fingerprint density at radius 2 is 1.68 bits per heavy atom. The second-order valence-electron chi connectivity index (χ2n) is 5.14. The summed E-state index contributed by atoms with van der Waals surface area (Å²) in [5.74, 6) is -0.431. The van der Waals surface area contributed by atoms with Gasteiger partial charge in [-0.15, -0.1) is 0 Å². The predicted molar refractivity (Wildman–Crippen MR) is 83.6 cm³/mol. The largest absolute Gasteiger partial charge is 0.507 e. The lowest BCUT2D eigenvalue weighted by atomic mass is 10.00. The van der Waals surface area contributed by atoms with Crippen molar-refractivity contribution in [2.24, 2.45) is 0 Å². The summed E-state index contributed by atoms with van der Waals surface area (Å²) in [5.41, 5.74) is 1.53. The highest BCUT2D eigenvalue weighted by atomic mass is 35.5. The average Bonchev–Trinajstić information content (AvgIpc) is 2.82. The molecular formula is C17H13ClO4. The van der Waals surface area contributed by atoms with E-state index in [1.165, 1.54) is 0 Å². The molecule has 0 radical (unpaired) electrons. The van der Waals surface area contributed by atoms with Crippen molar-refractivity contribution in [2.75, 3.05) is 0 Å². The molecule has 0 saturated carbocycles. The number of benzene rings is 2. The van der Waals surface area contributed by atoms with Gasteiger partial charge < -0.3 is 14.9 Å². The quantitative estimate of drug-likeness (QED) is 0.781. The molecule has 0 spiro atoms. The van der Waals surface area contributed by atoms with Gasteiger partial charge in [0.15, 0.2) is 5.76 Å². The van der Waals surface area contributed by atoms with Crippen LogP contribution >= 0.6 is 11.6 Å². The third kappa shape index (κ3) is 2.12. The minimum absolute atomic E-state index is 0.0724. The SMILES string of the molecule is Cc1c(O)c(C)c2c(c1O)C(=O)/C(=C/c1ccc(Cl)cc1)O2. The molecule has 2 aromatic rings. The van der Waals surface area contributed by atoms with E-state index >= 15 is 0 Å². The van der Waals surface area contributed by atoms with E-state index in [1.54, 1.807) is 44.2 Å². The van der Waals surface area contributed by atoms with E-state index in [9.17, 15) is 15.0 Å². The zero-order chi connectivity index (χ0) is 16.0. The fraction of sp³-hybridized carbons (Fsp3) is 0.118. The third-order valence-electron chi connectivity index (χ3n) is 3.70. The molecule has 0 bridgehead atoms. The number of hydrogen-bond donors (Lipinski definition) is 2. The van der Waals surface area contributed by atoms with E-state index in [2.05, 4.69) is 0 Å². The monoisotopic (exact) mass is 316 g/mol. The van der Waals surface area contributed by atoms with Crippen LogP contribution in [-0.4, -0.2) is 16.0 Å². The summed E-state index contributed by atoms with van der Waals surface area (Å²) in [6.45, 7) is 3.19. The highest BCUT2D eigenvalue weighted by Crippen LogP contribution is 2.46. The topological polar surface area (TPSA) is 66.8 Å². The predicted octanol–water partition coefficient (Wildman–Crippen LogP) is 3.98. The van der Waals surface area contributed by atoms with Gasteiger partial charge in [0.2, 0.25) is 5.78 Å². The molecule has 0 atom stereocenters. The van der Waals surface area contributed by atoms with Crippen LogP contribution in [0.1, 0.15) is 27.0 Å². The van der Waals surface area contributed by atoms with Crippen LogP contribution in [0.15, 0.2) is 30.0 Å². The Morgan fingerprint density at radius 3 is 2.32 bits per heavy atom. The Bertz CT molecular complexity index is 820. The van der Waals surface area contributed by atoms with Gasteiger partial charge in [0.05, 0.1) is 0 Å². The Balaban J connectivity index is 2.10. The number of rotatable bonds is 1. The molecule has 0 aliphatic carbocycles. The Hall–Kier alpha value is -2.46. The maximum absolute atomic E-state index is 12.4. The van der Waals surface area contributed by atoms with Crippen molar-refractivity contribution in [3.05, 3.63) is 57.3 Å². The van der Waals surface area contributed by atoms with Crippen LogP contribution in [-0.2, 0) is 0 Å². The highest BCUT2D eigenvalue weighted by Gasteiger charge is 2.34. The van der Waals surface area contributed by atoms with Gasteiger partial charge >= 0.3 is 0 Å². The highest BCUT2D eigenvalue weighted by molar-refractivity contribution is 6.30. The van der Waals surface area contributed by atoms with Crippen molar-refractivity contribution in [1.29, 1.82) is 0 Å². The molecule has 1 aliphatic heterocycles. The van der Waals surface area contributed by atoms with Gasteiger partial charge in [-0.2, -0.15) is 0 Å². The molecule has 0 amide bonds. The fourth-order valence-corrected chi connectivity index (χ4v) is 2.53. The molecule has 5 heteroatoms. The van der Waals surface area contributed by atoms with E-state index in [1.807, 2.05) is 0 Å². The second kappa shape index (κ2) is 5.07. The fourth-order valence-electron chi connectivity index (χ4n) is 2.41. The number of aromatic hydroxyl groups is 2. The summed E-state index contributed by atoms with van der Waals surface area (Å²) >= 11 is 5.83. The standard InChI is InChI=1S/C17H13ClO4/c1-8-14(19)9(2)17-13(15(8)20)16(21)12(22-17)7-10-3-5-11(18)6-4-10/h3-7,19-20H,1-2H3/b12-7-. The average molecular weight is 317 g/mol. The van der Waals surface area contributed by atoms with Crippen molar-refractivity contribution in [1.82, 2.24) is 0 Å². The lowest BCUT2D eigenvalue weighted by Gasteiger charge is -2.09. The van der Waals surface area contributed by atoms with Gasteiger partial charge in [-0.25, -0.2) is 0 Å². The molecule has 0 aromatic heterocycles. The summed E-state index contributed by atoms with van der Waals surface area (Å²) in [6, 6.07) is 6.92. The van der Waals surface area contributed by atoms with Crippen LogP contribution in [0.2, 0.25) is 5.02 Å². The van der Waals surface area contributed by atoms with Crippen LogP contribution in [0.4, 0.5) is 0 Å². The number of carbonyl (C=O) groups excluding carboxylic acids is 1. The minimum atomic E-state index is -0.409. The molecule has 2 N–H and O–H groups in total. The van der Waals surface area contributed by atoms with Gasteiger partial charge in [-0.05, 0) is 37.6 Å². The molecule has 1 aliphatic rings. The summed E-state index contributed by atoms with van der Waals surface area (Å²) in [6.07, 6.45) is 1.57. The van der Waals surface area contributed by atoms with Gasteiger partial charge in [0.1, 0.15) is 22.8 Å². The number of phenolic OH excluding ortho intramolecular Hbond substituents is 2. The lowest BCUT2D eigenvalue weighted by Crippen LogP contribution is -1.98. The summed E-state index contributed by atoms with van der Waals surface area (Å²) in [5, 5.41) is 20.7. The zero-order valence-corrected chi connectivity index (χ0v) is 12.7. The van der Waals surface area contributed by atoms with E-state index in [4.69, 9.17) is 16.3 Å². The van der Waals surface area contributed by atoms with Crippen molar-refractivity contribution in [3.63, 3.8) is 0 Å². The van der Waals surface area contributed by atoms with E-state index in [-0.39, 0.29) is 34.1 Å². The first-order chi connectivity index (χ1) is 10.4. The first-order valence-electron chi connectivity index (χ1n) is 6.65.